The second-order valence-electron chi connectivity index (χ2n) is 4.27. The molecular weight excluding hydrogens is 178 g/mol. The average molecular weight is 193 g/mol. The molecule has 1 aliphatic heterocycles. The van der Waals surface area contributed by atoms with E-state index in [1.54, 1.807) is 0 Å². The second-order valence-corrected chi connectivity index (χ2v) is 4.27. The third-order valence-electron chi connectivity index (χ3n) is 2.97. The van der Waals surface area contributed by atoms with Gasteiger partial charge in [0.05, 0.1) is 18.3 Å². The van der Waals surface area contributed by atoms with Crippen molar-refractivity contribution in [1.82, 2.24) is 15.0 Å². The first-order chi connectivity index (χ1) is 6.92. The van der Waals surface area contributed by atoms with Crippen LogP contribution in [0.15, 0.2) is 6.20 Å². The van der Waals surface area contributed by atoms with Gasteiger partial charge in [0.15, 0.2) is 0 Å². The minimum absolute atomic E-state index is 0.365. The van der Waals surface area contributed by atoms with Crippen LogP contribution in [-0.2, 0) is 11.3 Å². The molecule has 0 radical (unpaired) electrons. The normalized spacial score (nSPS) is 27.0. The van der Waals surface area contributed by atoms with E-state index in [0.29, 0.717) is 12.0 Å². The average Bonchev–Trinajstić information content (AvgIpc) is 2.75. The van der Waals surface area contributed by atoms with Gasteiger partial charge in [0.25, 0.3) is 0 Å². The third-order valence-corrected chi connectivity index (χ3v) is 2.97. The van der Waals surface area contributed by atoms with Gasteiger partial charge in [0.1, 0.15) is 0 Å². The van der Waals surface area contributed by atoms with Crippen LogP contribution in [-0.4, -0.2) is 27.7 Å². The van der Waals surface area contributed by atoms with Gasteiger partial charge >= 0.3 is 0 Å². The fourth-order valence-electron chi connectivity index (χ4n) is 1.97. The molecule has 1 aromatic heterocycles. The van der Waals surface area contributed by atoms with Crippen molar-refractivity contribution in [3.05, 3.63) is 11.9 Å². The maximum absolute atomic E-state index is 5.55. The molecule has 1 unspecified atom stereocenters. The molecule has 0 aromatic carbocycles. The van der Waals surface area contributed by atoms with Crippen molar-refractivity contribution >= 4 is 0 Å². The molecule has 2 fully saturated rings. The Morgan fingerprint density at radius 2 is 2.36 bits per heavy atom. The molecule has 1 aromatic rings. The number of rotatable bonds is 3. The Labute approximate surface area is 83.2 Å². The van der Waals surface area contributed by atoms with Gasteiger partial charge in [-0.15, -0.1) is 5.10 Å². The Bertz CT molecular complexity index is 313. The van der Waals surface area contributed by atoms with Crippen LogP contribution in [0.25, 0.3) is 0 Å². The predicted molar refractivity (Wildman–Crippen MR) is 51.0 cm³/mol. The summed E-state index contributed by atoms with van der Waals surface area (Å²) in [6, 6.07) is 0. The largest absolute Gasteiger partial charge is 0.376 e. The summed E-state index contributed by atoms with van der Waals surface area (Å²) < 4.78 is 7.49. The molecule has 2 heterocycles. The van der Waals surface area contributed by atoms with E-state index in [-0.39, 0.29) is 0 Å². The zero-order valence-electron chi connectivity index (χ0n) is 8.22. The molecule has 0 spiro atoms. The van der Waals surface area contributed by atoms with Gasteiger partial charge in [-0.25, -0.2) is 4.68 Å². The van der Waals surface area contributed by atoms with Crippen molar-refractivity contribution in [2.45, 2.75) is 44.2 Å². The van der Waals surface area contributed by atoms with Gasteiger partial charge in [-0.2, -0.15) is 0 Å². The summed E-state index contributed by atoms with van der Waals surface area (Å²) in [5.41, 5.74) is 1.17. The van der Waals surface area contributed by atoms with Crippen LogP contribution in [0.1, 0.15) is 37.3 Å². The van der Waals surface area contributed by atoms with E-state index in [9.17, 15) is 0 Å². The SMILES string of the molecule is c1c(C2CC2)nnn1CC1CCCO1. The van der Waals surface area contributed by atoms with Crippen LogP contribution in [0.4, 0.5) is 0 Å². The van der Waals surface area contributed by atoms with Gasteiger partial charge in [-0.1, -0.05) is 5.21 Å². The van der Waals surface area contributed by atoms with Gasteiger partial charge in [0.2, 0.25) is 0 Å². The minimum Gasteiger partial charge on any atom is -0.376 e. The summed E-state index contributed by atoms with van der Waals surface area (Å²) in [6.07, 6.45) is 7.38. The Morgan fingerprint density at radius 1 is 1.43 bits per heavy atom. The standard InChI is InChI=1S/C10H15N3O/c1-2-9(14-5-1)6-13-7-10(11-12-13)8-3-4-8/h7-9H,1-6H2. The van der Waals surface area contributed by atoms with E-state index in [4.69, 9.17) is 4.74 Å². The van der Waals surface area contributed by atoms with E-state index in [1.807, 2.05) is 4.68 Å². The summed E-state index contributed by atoms with van der Waals surface area (Å²) in [7, 11) is 0. The minimum atomic E-state index is 0.365. The molecule has 3 rings (SSSR count). The van der Waals surface area contributed by atoms with E-state index in [2.05, 4.69) is 16.5 Å². The third kappa shape index (κ3) is 1.66. The van der Waals surface area contributed by atoms with Crippen LogP contribution in [0, 0.1) is 0 Å². The Morgan fingerprint density at radius 3 is 3.07 bits per heavy atom. The van der Waals surface area contributed by atoms with Gasteiger partial charge < -0.3 is 4.74 Å². The molecular formula is C10H15N3O. The van der Waals surface area contributed by atoms with Crippen molar-refractivity contribution in [1.29, 1.82) is 0 Å². The van der Waals surface area contributed by atoms with Crippen molar-refractivity contribution in [3.63, 3.8) is 0 Å². The molecule has 1 saturated heterocycles. The summed E-state index contributed by atoms with van der Waals surface area (Å²) in [5.74, 6) is 0.702. The van der Waals surface area contributed by atoms with Crippen LogP contribution < -0.4 is 0 Å². The lowest BCUT2D eigenvalue weighted by Crippen LogP contribution is -2.15. The first-order valence-corrected chi connectivity index (χ1v) is 5.43. The summed E-state index contributed by atoms with van der Waals surface area (Å²) in [6.45, 7) is 1.79. The first-order valence-electron chi connectivity index (χ1n) is 5.43. The molecule has 2 aliphatic rings. The van der Waals surface area contributed by atoms with E-state index in [1.165, 1.54) is 31.4 Å². The molecule has 1 atom stereocenters. The number of hydrogen-bond acceptors (Lipinski definition) is 3. The van der Waals surface area contributed by atoms with Crippen molar-refractivity contribution < 1.29 is 4.74 Å². The molecule has 0 bridgehead atoms. The Hall–Kier alpha value is -0.900. The topological polar surface area (TPSA) is 39.9 Å². The highest BCUT2D eigenvalue weighted by atomic mass is 16.5. The number of aromatic nitrogens is 3. The molecule has 14 heavy (non-hydrogen) atoms. The van der Waals surface area contributed by atoms with E-state index in [0.717, 1.165) is 13.2 Å². The molecule has 1 saturated carbocycles. The second kappa shape index (κ2) is 3.35. The summed E-state index contributed by atoms with van der Waals surface area (Å²) in [4.78, 5) is 0. The molecule has 4 heteroatoms. The van der Waals surface area contributed by atoms with Crippen molar-refractivity contribution in [2.24, 2.45) is 0 Å². The quantitative estimate of drug-likeness (QED) is 0.727. The van der Waals surface area contributed by atoms with Crippen molar-refractivity contribution in [2.75, 3.05) is 6.61 Å². The highest BCUT2D eigenvalue weighted by molar-refractivity contribution is 5.08. The van der Waals surface area contributed by atoms with Gasteiger partial charge in [-0.3, -0.25) is 0 Å². The Kier molecular flexibility index (Phi) is 2.01. The maximum Gasteiger partial charge on any atom is 0.0858 e. The highest BCUT2D eigenvalue weighted by Gasteiger charge is 2.27. The molecule has 0 amide bonds. The summed E-state index contributed by atoms with van der Waals surface area (Å²) in [5, 5.41) is 8.31. The number of hydrogen-bond donors (Lipinski definition) is 0. The molecule has 4 nitrogen and oxygen atoms in total. The van der Waals surface area contributed by atoms with Crippen LogP contribution in [0.3, 0.4) is 0 Å². The zero-order valence-corrected chi connectivity index (χ0v) is 8.22. The van der Waals surface area contributed by atoms with Crippen LogP contribution >= 0.6 is 0 Å². The lowest BCUT2D eigenvalue weighted by Gasteiger charge is -2.07. The van der Waals surface area contributed by atoms with Crippen LogP contribution in [0.5, 0.6) is 0 Å². The van der Waals surface area contributed by atoms with Crippen molar-refractivity contribution in [3.8, 4) is 0 Å². The maximum atomic E-state index is 5.55. The first kappa shape index (κ1) is 8.41. The molecule has 0 N–H and O–H groups in total. The number of ether oxygens (including phenoxy) is 1. The van der Waals surface area contributed by atoms with Gasteiger partial charge in [0, 0.05) is 18.7 Å². The van der Waals surface area contributed by atoms with E-state index < -0.39 is 0 Å². The Balaban J connectivity index is 1.64. The molecule has 76 valence electrons. The highest BCUT2D eigenvalue weighted by Crippen LogP contribution is 2.38. The predicted octanol–water partition coefficient (Wildman–Crippen LogP) is 1.33. The smallest absolute Gasteiger partial charge is 0.0858 e. The zero-order chi connectivity index (χ0) is 9.38. The lowest BCUT2D eigenvalue weighted by molar-refractivity contribution is 0.0935. The molecule has 1 aliphatic carbocycles. The summed E-state index contributed by atoms with van der Waals surface area (Å²) >= 11 is 0. The van der Waals surface area contributed by atoms with E-state index >= 15 is 0 Å². The van der Waals surface area contributed by atoms with Crippen LogP contribution in [0.2, 0.25) is 0 Å². The lowest BCUT2D eigenvalue weighted by atomic mass is 10.2. The van der Waals surface area contributed by atoms with Gasteiger partial charge in [-0.05, 0) is 25.7 Å². The number of nitrogens with zero attached hydrogens (tertiary/aromatic N) is 3. The fourth-order valence-corrected chi connectivity index (χ4v) is 1.97. The fraction of sp³-hybridized carbons (Fsp3) is 0.800. The monoisotopic (exact) mass is 193 g/mol.